The number of halogens is 2. The van der Waals surface area contributed by atoms with Gasteiger partial charge in [-0.1, -0.05) is 28.1 Å². The van der Waals surface area contributed by atoms with Gasteiger partial charge in [0.15, 0.2) is 0 Å². The van der Waals surface area contributed by atoms with E-state index in [1.54, 1.807) is 0 Å². The Hall–Kier alpha value is -0.900. The van der Waals surface area contributed by atoms with Crippen molar-refractivity contribution in [3.8, 4) is 0 Å². The van der Waals surface area contributed by atoms with E-state index in [0.717, 1.165) is 0 Å². The fourth-order valence-electron chi connectivity index (χ4n) is 0.774. The second-order valence-corrected chi connectivity index (χ2v) is 3.17. The molecular formula is C8H6BrFO2. The molecule has 1 N–H and O–H groups in total. The Morgan fingerprint density at radius 2 is 1.92 bits per heavy atom. The second kappa shape index (κ2) is 3.67. The van der Waals surface area contributed by atoms with Crippen molar-refractivity contribution in [2.24, 2.45) is 0 Å². The lowest BCUT2D eigenvalue weighted by atomic mass is 10.1. The molecular weight excluding hydrogens is 227 g/mol. The van der Waals surface area contributed by atoms with E-state index in [2.05, 4.69) is 15.9 Å². The van der Waals surface area contributed by atoms with E-state index in [4.69, 9.17) is 5.11 Å². The van der Waals surface area contributed by atoms with E-state index in [-0.39, 0.29) is 5.82 Å². The normalized spacial score (nSPS) is 12.5. The summed E-state index contributed by atoms with van der Waals surface area (Å²) in [5.41, 5.74) is 0.531. The maximum Gasteiger partial charge on any atom is 0.321 e. The SMILES string of the molecule is O=C(O)C(Br)c1ccc(F)cc1. The topological polar surface area (TPSA) is 37.3 Å². The quantitative estimate of drug-likeness (QED) is 0.796. The molecule has 64 valence electrons. The number of rotatable bonds is 2. The standard InChI is InChI=1S/C8H6BrFO2/c9-7(8(11)12)5-1-3-6(10)4-2-5/h1-4,7H,(H,11,12). The van der Waals surface area contributed by atoms with Gasteiger partial charge in [0, 0.05) is 0 Å². The molecule has 0 aliphatic carbocycles. The van der Waals surface area contributed by atoms with Gasteiger partial charge in [-0.15, -0.1) is 0 Å². The summed E-state index contributed by atoms with van der Waals surface area (Å²) in [5, 5.41) is 8.56. The molecule has 0 saturated carbocycles. The van der Waals surface area contributed by atoms with Crippen molar-refractivity contribution in [3.05, 3.63) is 35.6 Å². The number of carboxylic acid groups (broad SMARTS) is 1. The van der Waals surface area contributed by atoms with E-state index in [0.29, 0.717) is 5.56 Å². The van der Waals surface area contributed by atoms with Crippen LogP contribution in [-0.4, -0.2) is 11.1 Å². The van der Waals surface area contributed by atoms with E-state index in [1.807, 2.05) is 0 Å². The third-order valence-corrected chi connectivity index (χ3v) is 2.30. The van der Waals surface area contributed by atoms with Crippen molar-refractivity contribution in [3.63, 3.8) is 0 Å². The van der Waals surface area contributed by atoms with E-state index >= 15 is 0 Å². The van der Waals surface area contributed by atoms with Crippen molar-refractivity contribution < 1.29 is 14.3 Å². The first-order chi connectivity index (χ1) is 5.61. The Morgan fingerprint density at radius 1 is 1.42 bits per heavy atom. The third-order valence-electron chi connectivity index (χ3n) is 1.38. The smallest absolute Gasteiger partial charge is 0.321 e. The van der Waals surface area contributed by atoms with Crippen LogP contribution >= 0.6 is 15.9 Å². The molecule has 0 saturated heterocycles. The summed E-state index contributed by atoms with van der Waals surface area (Å²) in [6, 6.07) is 5.32. The lowest BCUT2D eigenvalue weighted by molar-refractivity contribution is -0.136. The van der Waals surface area contributed by atoms with Crippen LogP contribution in [0.25, 0.3) is 0 Å². The van der Waals surface area contributed by atoms with Gasteiger partial charge in [0.05, 0.1) is 0 Å². The number of alkyl halides is 1. The first kappa shape index (κ1) is 9.19. The van der Waals surface area contributed by atoms with Crippen molar-refractivity contribution in [1.82, 2.24) is 0 Å². The molecule has 0 aliphatic rings. The first-order valence-electron chi connectivity index (χ1n) is 3.23. The summed E-state index contributed by atoms with van der Waals surface area (Å²) in [5.74, 6) is -1.36. The second-order valence-electron chi connectivity index (χ2n) is 2.25. The molecule has 0 amide bonds. The van der Waals surface area contributed by atoms with Gasteiger partial charge in [-0.2, -0.15) is 0 Å². The minimum Gasteiger partial charge on any atom is -0.480 e. The van der Waals surface area contributed by atoms with Crippen LogP contribution in [0.5, 0.6) is 0 Å². The zero-order valence-corrected chi connectivity index (χ0v) is 7.58. The van der Waals surface area contributed by atoms with Crippen molar-refractivity contribution in [2.75, 3.05) is 0 Å². The number of benzene rings is 1. The maximum atomic E-state index is 12.4. The molecule has 12 heavy (non-hydrogen) atoms. The van der Waals surface area contributed by atoms with Crippen LogP contribution in [0.4, 0.5) is 4.39 Å². The van der Waals surface area contributed by atoms with Crippen LogP contribution in [0.2, 0.25) is 0 Å². The third kappa shape index (κ3) is 2.04. The Labute approximate surface area is 77.2 Å². The summed E-state index contributed by atoms with van der Waals surface area (Å²) in [7, 11) is 0. The van der Waals surface area contributed by atoms with Crippen LogP contribution in [0.1, 0.15) is 10.4 Å². The van der Waals surface area contributed by atoms with Crippen LogP contribution in [0, 0.1) is 5.82 Å². The molecule has 0 aliphatic heterocycles. The highest BCUT2D eigenvalue weighted by atomic mass is 79.9. The van der Waals surface area contributed by atoms with E-state index in [1.165, 1.54) is 24.3 Å². The van der Waals surface area contributed by atoms with Gasteiger partial charge < -0.3 is 5.11 Å². The Morgan fingerprint density at radius 3 is 2.33 bits per heavy atom. The van der Waals surface area contributed by atoms with Crippen LogP contribution in [0.3, 0.4) is 0 Å². The summed E-state index contributed by atoms with van der Waals surface area (Å²) >= 11 is 2.95. The molecule has 1 atom stereocenters. The maximum absolute atomic E-state index is 12.4. The highest BCUT2D eigenvalue weighted by Gasteiger charge is 2.14. The number of hydrogen-bond donors (Lipinski definition) is 1. The van der Waals surface area contributed by atoms with Gasteiger partial charge >= 0.3 is 5.97 Å². The Balaban J connectivity index is 2.89. The minimum absolute atomic E-state index is 0.371. The fraction of sp³-hybridized carbons (Fsp3) is 0.125. The number of hydrogen-bond acceptors (Lipinski definition) is 1. The minimum atomic E-state index is -0.985. The zero-order valence-electron chi connectivity index (χ0n) is 6.00. The van der Waals surface area contributed by atoms with Crippen molar-refractivity contribution in [1.29, 1.82) is 0 Å². The van der Waals surface area contributed by atoms with Gasteiger partial charge in [0.2, 0.25) is 0 Å². The van der Waals surface area contributed by atoms with Gasteiger partial charge in [-0.3, -0.25) is 4.79 Å². The molecule has 0 spiro atoms. The summed E-state index contributed by atoms with van der Waals surface area (Å²) in [6.07, 6.45) is 0. The molecule has 1 unspecified atom stereocenters. The number of carbonyl (C=O) groups is 1. The number of carboxylic acids is 1. The molecule has 0 heterocycles. The molecule has 1 rings (SSSR count). The predicted octanol–water partition coefficient (Wildman–Crippen LogP) is 2.35. The van der Waals surface area contributed by atoms with Crippen LogP contribution in [0.15, 0.2) is 24.3 Å². The lowest BCUT2D eigenvalue weighted by Gasteiger charge is -2.03. The average Bonchev–Trinajstić information content (AvgIpc) is 2.04. The van der Waals surface area contributed by atoms with Crippen molar-refractivity contribution in [2.45, 2.75) is 4.83 Å². The first-order valence-corrected chi connectivity index (χ1v) is 4.15. The fourth-order valence-corrected chi connectivity index (χ4v) is 1.08. The highest BCUT2D eigenvalue weighted by molar-refractivity contribution is 9.09. The molecule has 0 aromatic heterocycles. The van der Waals surface area contributed by atoms with Crippen LogP contribution in [-0.2, 0) is 4.79 Å². The summed E-state index contributed by atoms with van der Waals surface area (Å²) < 4.78 is 12.4. The monoisotopic (exact) mass is 232 g/mol. The average molecular weight is 233 g/mol. The molecule has 4 heteroatoms. The van der Waals surface area contributed by atoms with Crippen LogP contribution < -0.4 is 0 Å². The summed E-state index contributed by atoms with van der Waals surface area (Å²) in [4.78, 5) is 9.68. The highest BCUT2D eigenvalue weighted by Crippen LogP contribution is 2.22. The largest absolute Gasteiger partial charge is 0.480 e. The Kier molecular flexibility index (Phi) is 2.81. The molecule has 0 fully saturated rings. The van der Waals surface area contributed by atoms with Gasteiger partial charge in [-0.05, 0) is 17.7 Å². The zero-order chi connectivity index (χ0) is 9.14. The summed E-state index contributed by atoms with van der Waals surface area (Å²) in [6.45, 7) is 0. The van der Waals surface area contributed by atoms with Gasteiger partial charge in [0.1, 0.15) is 10.6 Å². The Bertz CT molecular complexity index is 284. The van der Waals surface area contributed by atoms with E-state index in [9.17, 15) is 9.18 Å². The van der Waals surface area contributed by atoms with Gasteiger partial charge in [0.25, 0.3) is 0 Å². The van der Waals surface area contributed by atoms with Gasteiger partial charge in [-0.25, -0.2) is 4.39 Å². The molecule has 0 radical (unpaired) electrons. The number of aliphatic carboxylic acids is 1. The van der Waals surface area contributed by atoms with Crippen molar-refractivity contribution >= 4 is 21.9 Å². The molecule has 1 aromatic carbocycles. The molecule has 1 aromatic rings. The lowest BCUT2D eigenvalue weighted by Crippen LogP contribution is -2.03. The predicted molar refractivity (Wildman–Crippen MR) is 45.7 cm³/mol. The molecule has 0 bridgehead atoms. The molecule has 2 nitrogen and oxygen atoms in total. The van der Waals surface area contributed by atoms with E-state index < -0.39 is 10.8 Å².